The Morgan fingerprint density at radius 1 is 1.60 bits per heavy atom. The Labute approximate surface area is 85.6 Å². The number of rotatable bonds is 4. The summed E-state index contributed by atoms with van der Waals surface area (Å²) in [6.07, 6.45) is 2.87. The molecule has 56 valence electrons. The van der Waals surface area contributed by atoms with Crippen LogP contribution in [-0.2, 0) is 4.79 Å². The van der Waals surface area contributed by atoms with Crippen molar-refractivity contribution in [3.05, 3.63) is 7.43 Å². The summed E-state index contributed by atoms with van der Waals surface area (Å²) in [7, 11) is 0. The van der Waals surface area contributed by atoms with E-state index in [0.717, 1.165) is 0 Å². The van der Waals surface area contributed by atoms with Crippen LogP contribution in [0.25, 0.3) is 0 Å². The van der Waals surface area contributed by atoms with E-state index < -0.39 is 0 Å². The smallest absolute Gasteiger partial charge is 0.519 e. The second-order valence-electron chi connectivity index (χ2n) is 1.42. The van der Waals surface area contributed by atoms with Crippen molar-refractivity contribution in [3.63, 3.8) is 0 Å². The van der Waals surface area contributed by atoms with Crippen LogP contribution in [-0.4, -0.2) is 18.5 Å². The SMILES string of the molecule is N=[C-]CCC(=O)CN.[CH3-].[U+2]. The van der Waals surface area contributed by atoms with E-state index in [1.807, 2.05) is 0 Å². The molecular formula is C6H12N2OU. The summed E-state index contributed by atoms with van der Waals surface area (Å²) in [6.45, 7) is 0.0850. The molecule has 0 aromatic heterocycles. The summed E-state index contributed by atoms with van der Waals surface area (Å²) in [4.78, 5) is 10.3. The Morgan fingerprint density at radius 3 is 2.40 bits per heavy atom. The second-order valence-corrected chi connectivity index (χ2v) is 1.42. The quantitative estimate of drug-likeness (QED) is 0.554. The van der Waals surface area contributed by atoms with Crippen LogP contribution >= 0.6 is 0 Å². The molecular weight excluding hydrogens is 354 g/mol. The Hall–Kier alpha value is 0.352. The maximum Gasteiger partial charge on any atom is 2.00 e. The van der Waals surface area contributed by atoms with Gasteiger partial charge in [-0.1, -0.05) is 0 Å². The molecule has 0 saturated heterocycles. The maximum atomic E-state index is 10.3. The molecule has 0 fully saturated rings. The van der Waals surface area contributed by atoms with Crippen LogP contribution in [0.2, 0.25) is 0 Å². The van der Waals surface area contributed by atoms with Gasteiger partial charge in [0.2, 0.25) is 0 Å². The summed E-state index contributed by atoms with van der Waals surface area (Å²) >= 11 is 0. The third-order valence-electron chi connectivity index (χ3n) is 0.757. The molecule has 0 aromatic carbocycles. The van der Waals surface area contributed by atoms with Gasteiger partial charge in [-0.05, 0) is 6.42 Å². The van der Waals surface area contributed by atoms with E-state index in [1.165, 1.54) is 0 Å². The summed E-state index contributed by atoms with van der Waals surface area (Å²) in [5.41, 5.74) is 4.97. The minimum atomic E-state index is -0.00949. The van der Waals surface area contributed by atoms with Crippen molar-refractivity contribution in [3.8, 4) is 0 Å². The van der Waals surface area contributed by atoms with Gasteiger partial charge in [-0.15, -0.1) is 0 Å². The molecule has 0 spiro atoms. The molecule has 0 heterocycles. The summed E-state index contributed by atoms with van der Waals surface area (Å²) in [5.74, 6) is -0.00949. The first-order valence-corrected chi connectivity index (χ1v) is 2.42. The fourth-order valence-electron chi connectivity index (χ4n) is 0.304. The third-order valence-corrected chi connectivity index (χ3v) is 0.757. The monoisotopic (exact) mass is 366 g/mol. The topological polar surface area (TPSA) is 66.9 Å². The number of Topliss-reactive ketones (excluding diaryl/α,β-unsaturated/α-hetero) is 1. The fourth-order valence-corrected chi connectivity index (χ4v) is 0.304. The zero-order chi connectivity index (χ0) is 6.41. The summed E-state index contributed by atoms with van der Waals surface area (Å²) in [6, 6.07) is 0. The Bertz CT molecular complexity index is 95.7. The number of nitrogens with one attached hydrogen (secondary N) is 1. The Balaban J connectivity index is -0.000000245. The fraction of sp³-hybridized carbons (Fsp3) is 0.500. The third kappa shape index (κ3) is 11.2. The van der Waals surface area contributed by atoms with Gasteiger partial charge in [-0.2, -0.15) is 6.42 Å². The normalized spacial score (nSPS) is 6.90. The zero-order valence-electron chi connectivity index (χ0n) is 6.11. The first-order valence-electron chi connectivity index (χ1n) is 2.42. The molecule has 0 saturated carbocycles. The molecule has 3 nitrogen and oxygen atoms in total. The van der Waals surface area contributed by atoms with Crippen molar-refractivity contribution in [2.75, 3.05) is 6.54 Å². The number of carbonyl (C=O) groups excluding carboxylic acids is 1. The van der Waals surface area contributed by atoms with Gasteiger partial charge in [-0.3, -0.25) is 4.79 Å². The molecule has 4 heteroatoms. The molecule has 0 radical (unpaired) electrons. The Morgan fingerprint density at radius 2 is 2.10 bits per heavy atom. The molecule has 0 amide bonds. The predicted octanol–water partition coefficient (Wildman–Crippen LogP) is 0.271. The van der Waals surface area contributed by atoms with Crippen LogP contribution in [0.4, 0.5) is 0 Å². The van der Waals surface area contributed by atoms with E-state index in [1.54, 1.807) is 0 Å². The van der Waals surface area contributed by atoms with Crippen molar-refractivity contribution >= 4 is 12.0 Å². The maximum absolute atomic E-state index is 10.3. The van der Waals surface area contributed by atoms with Crippen LogP contribution < -0.4 is 5.73 Å². The van der Waals surface area contributed by atoms with Crippen LogP contribution in [0.5, 0.6) is 0 Å². The van der Waals surface area contributed by atoms with Crippen LogP contribution in [0.3, 0.4) is 0 Å². The summed E-state index contributed by atoms with van der Waals surface area (Å²) in [5, 5.41) is 6.43. The number of nitrogens with two attached hydrogens (primary N) is 1. The van der Waals surface area contributed by atoms with E-state index in [0.29, 0.717) is 12.8 Å². The van der Waals surface area contributed by atoms with Gasteiger partial charge >= 0.3 is 31.1 Å². The second kappa shape index (κ2) is 12.1. The molecule has 0 aromatic rings. The van der Waals surface area contributed by atoms with E-state index in [2.05, 4.69) is 6.21 Å². The molecule has 10 heavy (non-hydrogen) atoms. The van der Waals surface area contributed by atoms with E-state index >= 15 is 0 Å². The summed E-state index contributed by atoms with van der Waals surface area (Å²) < 4.78 is 0. The van der Waals surface area contributed by atoms with Gasteiger partial charge in [0.15, 0.2) is 0 Å². The van der Waals surface area contributed by atoms with Crippen molar-refractivity contribution in [2.24, 2.45) is 5.73 Å². The van der Waals surface area contributed by atoms with Gasteiger partial charge in [0.25, 0.3) is 0 Å². The molecule has 0 bridgehead atoms. The van der Waals surface area contributed by atoms with Crippen molar-refractivity contribution in [2.45, 2.75) is 12.8 Å². The van der Waals surface area contributed by atoms with Gasteiger partial charge in [0, 0.05) is 0 Å². The minimum absolute atomic E-state index is 0. The largest absolute Gasteiger partial charge is 2.00 e. The van der Waals surface area contributed by atoms with Gasteiger partial charge in [0.05, 0.1) is 6.54 Å². The first-order chi connectivity index (χ1) is 3.81. The van der Waals surface area contributed by atoms with E-state index in [4.69, 9.17) is 11.1 Å². The standard InChI is InChI=1S/C5H9N2O.CH3.U/c6-3-1-2-5(8)4-7;;/h6H,1-2,4,7H2;1H3;/q2*-1;+2. The van der Waals surface area contributed by atoms with Gasteiger partial charge in [0.1, 0.15) is 5.78 Å². The minimum Gasteiger partial charge on any atom is -0.519 e. The molecule has 3 N–H and O–H groups in total. The van der Waals surface area contributed by atoms with Crippen molar-refractivity contribution in [1.82, 2.24) is 0 Å². The first kappa shape index (κ1) is 16.8. The van der Waals surface area contributed by atoms with Crippen molar-refractivity contribution in [1.29, 1.82) is 5.41 Å². The number of ketones is 1. The molecule has 0 rings (SSSR count). The van der Waals surface area contributed by atoms with Crippen LogP contribution in [0, 0.1) is 43.9 Å². The van der Waals surface area contributed by atoms with Gasteiger partial charge in [-0.25, -0.2) is 0 Å². The molecule has 0 aliphatic heterocycles. The van der Waals surface area contributed by atoms with Gasteiger partial charge < -0.3 is 24.8 Å². The zero-order valence-corrected chi connectivity index (χ0v) is 10.3. The van der Waals surface area contributed by atoms with E-state index in [9.17, 15) is 4.79 Å². The average Bonchev–Trinajstić information content (AvgIpc) is 1.83. The molecule has 0 aliphatic rings. The predicted molar refractivity (Wildman–Crippen MR) is 37.4 cm³/mol. The Kier molecular flexibility index (Phi) is 20.2. The molecule has 0 unspecified atom stereocenters. The van der Waals surface area contributed by atoms with E-state index in [-0.39, 0.29) is 50.9 Å². The van der Waals surface area contributed by atoms with Crippen LogP contribution in [0.1, 0.15) is 12.8 Å². The number of carbonyl (C=O) groups is 1. The average molecular weight is 366 g/mol. The molecule has 0 aliphatic carbocycles. The van der Waals surface area contributed by atoms with Crippen molar-refractivity contribution < 1.29 is 35.9 Å². The number of hydrogen-bond acceptors (Lipinski definition) is 3. The van der Waals surface area contributed by atoms with Crippen LogP contribution in [0.15, 0.2) is 0 Å². The number of hydrogen-bond donors (Lipinski definition) is 2. The molecule has 0 atom stereocenters.